The molecule has 2 heterocycles. The summed E-state index contributed by atoms with van der Waals surface area (Å²) in [5, 5.41) is 13.6. The van der Waals surface area contributed by atoms with Crippen molar-refractivity contribution in [3.63, 3.8) is 0 Å². The number of nitrogens with one attached hydrogen (secondary N) is 2. The van der Waals surface area contributed by atoms with Crippen LogP contribution in [-0.2, 0) is 6.54 Å². The first-order valence-electron chi connectivity index (χ1n) is 8.70. The predicted octanol–water partition coefficient (Wildman–Crippen LogP) is 1.88. The molecule has 0 saturated carbocycles. The molecule has 3 aromatic rings. The van der Waals surface area contributed by atoms with Crippen LogP contribution in [0, 0.1) is 19.7 Å². The summed E-state index contributed by atoms with van der Waals surface area (Å²) in [4.78, 5) is 28.0. The van der Waals surface area contributed by atoms with Gasteiger partial charge in [-0.05, 0) is 26.0 Å². The Morgan fingerprint density at radius 1 is 1.17 bits per heavy atom. The van der Waals surface area contributed by atoms with Gasteiger partial charge in [0.2, 0.25) is 0 Å². The van der Waals surface area contributed by atoms with Crippen molar-refractivity contribution in [2.24, 2.45) is 0 Å². The second-order valence-electron chi connectivity index (χ2n) is 6.15. The van der Waals surface area contributed by atoms with Crippen molar-refractivity contribution in [2.75, 3.05) is 13.1 Å². The van der Waals surface area contributed by atoms with Gasteiger partial charge in [-0.1, -0.05) is 28.9 Å². The number of nitrogens with zero attached hydrogens (tertiary/aromatic N) is 4. The topological polar surface area (TPSA) is 115 Å². The van der Waals surface area contributed by atoms with Crippen molar-refractivity contribution in [3.05, 3.63) is 63.8 Å². The van der Waals surface area contributed by atoms with Gasteiger partial charge in [0, 0.05) is 13.1 Å². The summed E-state index contributed by atoms with van der Waals surface area (Å²) < 4.78 is 20.1. The number of carbonyl (C=O) groups excluding carboxylic acids is 2. The molecule has 0 saturated heterocycles. The normalized spacial score (nSPS) is 10.8. The Bertz CT molecular complexity index is 1050. The monoisotopic (exact) mass is 420 g/mol. The van der Waals surface area contributed by atoms with E-state index in [-0.39, 0.29) is 36.9 Å². The van der Waals surface area contributed by atoms with Crippen molar-refractivity contribution in [3.8, 4) is 0 Å². The van der Waals surface area contributed by atoms with Gasteiger partial charge in [-0.25, -0.2) is 4.39 Å². The molecule has 2 amide bonds. The van der Waals surface area contributed by atoms with Crippen LogP contribution >= 0.6 is 11.6 Å². The summed E-state index contributed by atoms with van der Waals surface area (Å²) in [6, 6.07) is 5.63. The first kappa shape index (κ1) is 20.5. The van der Waals surface area contributed by atoms with Gasteiger partial charge in [0.15, 0.2) is 5.82 Å². The highest BCUT2D eigenvalue weighted by Gasteiger charge is 2.17. The van der Waals surface area contributed by atoms with E-state index in [9.17, 15) is 14.0 Å². The Hall–Kier alpha value is -3.27. The van der Waals surface area contributed by atoms with E-state index in [1.165, 1.54) is 18.2 Å². The van der Waals surface area contributed by atoms with E-state index >= 15 is 0 Å². The second kappa shape index (κ2) is 8.82. The Kier molecular flexibility index (Phi) is 6.23. The number of carbonyl (C=O) groups is 2. The fourth-order valence-corrected chi connectivity index (χ4v) is 2.68. The van der Waals surface area contributed by atoms with Crippen LogP contribution in [0.2, 0.25) is 5.02 Å². The molecule has 0 aliphatic carbocycles. The number of aromatic nitrogens is 4. The molecule has 152 valence electrons. The molecule has 0 aliphatic heterocycles. The van der Waals surface area contributed by atoms with Crippen LogP contribution in [0.25, 0.3) is 0 Å². The fourth-order valence-electron chi connectivity index (χ4n) is 2.54. The minimum absolute atomic E-state index is 0.0652. The minimum atomic E-state index is -0.615. The van der Waals surface area contributed by atoms with E-state index in [4.69, 9.17) is 16.1 Å². The second-order valence-corrected chi connectivity index (χ2v) is 6.53. The number of benzene rings is 1. The molecular formula is C18H18ClFN6O3. The molecule has 11 heteroatoms. The van der Waals surface area contributed by atoms with E-state index in [1.807, 2.05) is 6.92 Å². The number of hydrogen-bond donors (Lipinski definition) is 2. The Balaban J connectivity index is 1.48. The Morgan fingerprint density at radius 3 is 2.52 bits per heavy atom. The van der Waals surface area contributed by atoms with E-state index in [0.717, 1.165) is 5.69 Å². The van der Waals surface area contributed by atoms with Crippen LogP contribution in [0.4, 0.5) is 4.39 Å². The first-order valence-corrected chi connectivity index (χ1v) is 9.07. The highest BCUT2D eigenvalue weighted by Crippen LogP contribution is 2.19. The molecule has 0 radical (unpaired) electrons. The zero-order valence-corrected chi connectivity index (χ0v) is 16.5. The zero-order valence-electron chi connectivity index (χ0n) is 15.7. The van der Waals surface area contributed by atoms with Crippen molar-refractivity contribution in [1.29, 1.82) is 0 Å². The first-order chi connectivity index (χ1) is 13.9. The van der Waals surface area contributed by atoms with Gasteiger partial charge < -0.3 is 15.2 Å². The van der Waals surface area contributed by atoms with Crippen LogP contribution in [0.3, 0.4) is 0 Å². The third-order valence-electron chi connectivity index (χ3n) is 4.06. The zero-order chi connectivity index (χ0) is 21.0. The van der Waals surface area contributed by atoms with Gasteiger partial charge in [-0.15, -0.1) is 0 Å². The van der Waals surface area contributed by atoms with Gasteiger partial charge in [0.05, 0.1) is 22.0 Å². The van der Waals surface area contributed by atoms with Gasteiger partial charge >= 0.3 is 11.8 Å². The van der Waals surface area contributed by atoms with Gasteiger partial charge in [-0.2, -0.15) is 10.1 Å². The molecule has 0 bridgehead atoms. The standard InChI is InChI=1S/C18H18ClFN6O3/c1-10-15(19)11(2)26(24-10)9-14-23-18(29-25-14)17(28)22-8-7-21-16(27)12-5-3-4-6-13(12)20/h3-6H,7-9H2,1-2H3,(H,21,27)(H,22,28). The lowest BCUT2D eigenvalue weighted by Gasteiger charge is -2.06. The van der Waals surface area contributed by atoms with E-state index in [2.05, 4.69) is 25.9 Å². The Morgan fingerprint density at radius 2 is 1.86 bits per heavy atom. The molecule has 1 aromatic carbocycles. The number of halogens is 2. The molecule has 0 fully saturated rings. The average Bonchev–Trinajstić information content (AvgIpc) is 3.26. The van der Waals surface area contributed by atoms with Crippen molar-refractivity contribution in [1.82, 2.24) is 30.6 Å². The fraction of sp³-hybridized carbons (Fsp3) is 0.278. The third kappa shape index (κ3) is 4.77. The molecule has 2 aromatic heterocycles. The van der Waals surface area contributed by atoms with Crippen LogP contribution in [0.15, 0.2) is 28.8 Å². The largest absolute Gasteiger partial charge is 0.350 e. The van der Waals surface area contributed by atoms with Crippen LogP contribution < -0.4 is 10.6 Å². The molecular weight excluding hydrogens is 403 g/mol. The summed E-state index contributed by atoms with van der Waals surface area (Å²) in [6.45, 7) is 4.00. The van der Waals surface area contributed by atoms with E-state index < -0.39 is 17.6 Å². The van der Waals surface area contributed by atoms with E-state index in [0.29, 0.717) is 10.7 Å². The number of amides is 2. The molecule has 0 atom stereocenters. The summed E-state index contributed by atoms with van der Waals surface area (Å²) in [5.74, 6) is -1.72. The lowest BCUT2D eigenvalue weighted by atomic mass is 10.2. The molecule has 2 N–H and O–H groups in total. The Labute approximate surface area is 170 Å². The van der Waals surface area contributed by atoms with Crippen molar-refractivity contribution >= 4 is 23.4 Å². The van der Waals surface area contributed by atoms with Gasteiger partial charge in [-0.3, -0.25) is 14.3 Å². The van der Waals surface area contributed by atoms with Crippen molar-refractivity contribution in [2.45, 2.75) is 20.4 Å². The molecule has 29 heavy (non-hydrogen) atoms. The number of rotatable bonds is 7. The molecule has 0 unspecified atom stereocenters. The van der Waals surface area contributed by atoms with E-state index in [1.54, 1.807) is 17.7 Å². The summed E-state index contributed by atoms with van der Waals surface area (Å²) in [5.41, 5.74) is 1.37. The van der Waals surface area contributed by atoms with Crippen molar-refractivity contribution < 1.29 is 18.5 Å². The molecule has 3 rings (SSSR count). The maximum absolute atomic E-state index is 13.5. The summed E-state index contributed by atoms with van der Waals surface area (Å²) in [7, 11) is 0. The predicted molar refractivity (Wildman–Crippen MR) is 101 cm³/mol. The van der Waals surface area contributed by atoms with Crippen LogP contribution in [0.1, 0.15) is 38.3 Å². The molecule has 0 spiro atoms. The van der Waals surface area contributed by atoms with Gasteiger partial charge in [0.1, 0.15) is 12.4 Å². The summed E-state index contributed by atoms with van der Waals surface area (Å²) in [6.07, 6.45) is 0. The highest BCUT2D eigenvalue weighted by molar-refractivity contribution is 6.31. The minimum Gasteiger partial charge on any atom is -0.350 e. The summed E-state index contributed by atoms with van der Waals surface area (Å²) >= 11 is 6.10. The quantitative estimate of drug-likeness (QED) is 0.564. The lowest BCUT2D eigenvalue weighted by molar-refractivity contribution is 0.0897. The van der Waals surface area contributed by atoms with Crippen LogP contribution in [-0.4, -0.2) is 44.8 Å². The lowest BCUT2D eigenvalue weighted by Crippen LogP contribution is -2.35. The molecule has 0 aliphatic rings. The maximum atomic E-state index is 13.5. The third-order valence-corrected chi connectivity index (χ3v) is 4.61. The SMILES string of the molecule is Cc1nn(Cc2noc(C(=O)NCCNC(=O)c3ccccc3F)n2)c(C)c1Cl. The van der Waals surface area contributed by atoms with Crippen LogP contribution in [0.5, 0.6) is 0 Å². The maximum Gasteiger partial charge on any atom is 0.316 e. The van der Waals surface area contributed by atoms with Gasteiger partial charge in [0.25, 0.3) is 5.91 Å². The number of hydrogen-bond acceptors (Lipinski definition) is 6. The smallest absolute Gasteiger partial charge is 0.316 e. The number of aryl methyl sites for hydroxylation is 1. The average molecular weight is 421 g/mol. The highest BCUT2D eigenvalue weighted by atomic mass is 35.5. The molecule has 9 nitrogen and oxygen atoms in total.